The van der Waals surface area contributed by atoms with Crippen LogP contribution in [-0.2, 0) is 20.7 Å². The first-order valence-corrected chi connectivity index (χ1v) is 21.3. The fourth-order valence-corrected chi connectivity index (χ4v) is 5.13. The monoisotopic (exact) mass is 741 g/mol. The summed E-state index contributed by atoms with van der Waals surface area (Å²) in [5, 5.41) is 10.5. The van der Waals surface area contributed by atoms with E-state index in [4.69, 9.17) is 13.9 Å². The van der Waals surface area contributed by atoms with Crippen LogP contribution < -0.4 is 10.6 Å². The molecule has 0 bridgehead atoms. The van der Waals surface area contributed by atoms with Crippen molar-refractivity contribution in [2.75, 3.05) is 64.1 Å². The highest BCUT2D eigenvalue weighted by Gasteiger charge is 1.96. The lowest BCUT2D eigenvalue weighted by molar-refractivity contribution is -0.115. The van der Waals surface area contributed by atoms with E-state index in [1.165, 1.54) is 103 Å². The van der Waals surface area contributed by atoms with E-state index in [9.17, 15) is 4.79 Å². The molecule has 0 aliphatic carbocycles. The molecule has 4 aliphatic rings. The van der Waals surface area contributed by atoms with Gasteiger partial charge in [-0.1, -0.05) is 66.0 Å². The van der Waals surface area contributed by atoms with Crippen LogP contribution in [0.3, 0.4) is 0 Å². The number of morpholine rings is 1. The molecule has 0 saturated carbocycles. The zero-order chi connectivity index (χ0) is 37.4. The Labute approximate surface area is 316 Å². The highest BCUT2D eigenvalue weighted by atomic mass is 32.2. The van der Waals surface area contributed by atoms with Gasteiger partial charge in [-0.2, -0.15) is 23.1 Å². The molecular formula is C41H76N2O5S2. The summed E-state index contributed by atoms with van der Waals surface area (Å²) in [6, 6.07) is 11.6. The van der Waals surface area contributed by atoms with E-state index in [1.54, 1.807) is 30.1 Å². The van der Waals surface area contributed by atoms with Crippen LogP contribution in [0.4, 0.5) is 0 Å². The van der Waals surface area contributed by atoms with Gasteiger partial charge in [0.05, 0.1) is 32.0 Å². The molecule has 7 rings (SSSR count). The molecule has 2 N–H and O–H groups in total. The smallest absolute Gasteiger partial charge is 0.126 e. The maximum absolute atomic E-state index is 9.44. The third-order valence-corrected chi connectivity index (χ3v) is 7.77. The second-order valence-electron chi connectivity index (χ2n) is 11.2. The number of hydrogen-bond donors (Lipinski definition) is 2. The Balaban J connectivity index is -0.000000498. The lowest BCUT2D eigenvalue weighted by Gasteiger charge is -2.10. The Bertz CT molecular complexity index is 720. The van der Waals surface area contributed by atoms with Crippen molar-refractivity contribution >= 4 is 28.9 Å². The number of thioether (sulfide) groups is 1. The number of piperidine rings is 1. The second kappa shape index (κ2) is 51.5. The lowest BCUT2D eigenvalue weighted by atomic mass is 10.2. The number of carbonyl (C=O) groups is 1. The van der Waals surface area contributed by atoms with Gasteiger partial charge in [-0.25, -0.2) is 0 Å². The first-order chi connectivity index (χ1) is 24.6. The van der Waals surface area contributed by atoms with Crippen molar-refractivity contribution in [2.24, 2.45) is 0 Å². The molecule has 4 fully saturated rings. The molecule has 7 heterocycles. The van der Waals surface area contributed by atoms with Gasteiger partial charge >= 0.3 is 0 Å². The largest absolute Gasteiger partial charge is 0.473 e. The summed E-state index contributed by atoms with van der Waals surface area (Å²) in [5.74, 6) is 4.06. The number of hydrogen-bond acceptors (Lipinski definition) is 9. The third-order valence-electron chi connectivity index (χ3n) is 5.99. The first-order valence-electron chi connectivity index (χ1n) is 19.2. The van der Waals surface area contributed by atoms with E-state index >= 15 is 0 Å². The Kier molecular flexibility index (Phi) is 54.0. The molecule has 9 heteroatoms. The molecule has 292 valence electrons. The van der Waals surface area contributed by atoms with Crippen molar-refractivity contribution in [3.8, 4) is 0 Å². The molecule has 0 radical (unpaired) electrons. The second-order valence-corrected chi connectivity index (χ2v) is 13.2. The maximum Gasteiger partial charge on any atom is 0.126 e. The highest BCUT2D eigenvalue weighted by molar-refractivity contribution is 7.99. The highest BCUT2D eigenvalue weighted by Crippen LogP contribution is 2.15. The Morgan fingerprint density at radius 3 is 1.28 bits per heavy atom. The fourth-order valence-electron chi connectivity index (χ4n) is 3.66. The van der Waals surface area contributed by atoms with Gasteiger partial charge in [-0.3, -0.25) is 0 Å². The minimum absolute atomic E-state index is 0.167. The van der Waals surface area contributed by atoms with Crippen molar-refractivity contribution in [1.82, 2.24) is 10.6 Å². The SMILES string of the molecule is C1CCNCC1.C1CCOCC1.C1CCSCC1.C1COCCN1.CC.CC(C)=O.CCC.CCc1ccco1.c1ccoc1.c1ccsc1. The van der Waals surface area contributed by atoms with Crippen molar-refractivity contribution in [1.29, 1.82) is 0 Å². The molecule has 0 aromatic carbocycles. The molecule has 0 amide bonds. The first kappa shape index (κ1) is 52.5. The Hall–Kier alpha value is -1.88. The lowest BCUT2D eigenvalue weighted by Crippen LogP contribution is -2.30. The summed E-state index contributed by atoms with van der Waals surface area (Å²) in [4.78, 5) is 9.44. The van der Waals surface area contributed by atoms with Crippen LogP contribution in [0.1, 0.15) is 118 Å². The summed E-state index contributed by atoms with van der Waals surface area (Å²) in [6.45, 7) is 21.7. The van der Waals surface area contributed by atoms with Crippen molar-refractivity contribution in [2.45, 2.75) is 119 Å². The van der Waals surface area contributed by atoms with Crippen molar-refractivity contribution in [3.63, 3.8) is 0 Å². The van der Waals surface area contributed by atoms with E-state index in [0.29, 0.717) is 0 Å². The van der Waals surface area contributed by atoms with E-state index in [2.05, 4.69) is 47.6 Å². The zero-order valence-corrected chi connectivity index (χ0v) is 34.7. The molecule has 3 aromatic heterocycles. The van der Waals surface area contributed by atoms with E-state index in [1.807, 2.05) is 61.0 Å². The van der Waals surface area contributed by atoms with Crippen LogP contribution in [0.2, 0.25) is 0 Å². The molecule has 7 nitrogen and oxygen atoms in total. The van der Waals surface area contributed by atoms with Crippen LogP contribution in [-0.4, -0.2) is 69.9 Å². The number of furan rings is 2. The predicted octanol–water partition coefficient (Wildman–Crippen LogP) is 11.4. The average molecular weight is 741 g/mol. The van der Waals surface area contributed by atoms with Gasteiger partial charge in [-0.15, -0.1) is 0 Å². The number of rotatable bonds is 1. The quantitative estimate of drug-likeness (QED) is 0.255. The zero-order valence-electron chi connectivity index (χ0n) is 33.1. The van der Waals surface area contributed by atoms with Crippen molar-refractivity contribution in [3.05, 3.63) is 71.7 Å². The topological polar surface area (TPSA) is 85.9 Å². The number of thiophene rings is 1. The van der Waals surface area contributed by atoms with E-state index in [0.717, 1.165) is 51.7 Å². The van der Waals surface area contributed by atoms with E-state index in [-0.39, 0.29) is 5.78 Å². The van der Waals surface area contributed by atoms with Gasteiger partial charge in [0.25, 0.3) is 0 Å². The minimum Gasteiger partial charge on any atom is -0.473 e. The number of ketones is 1. The molecule has 50 heavy (non-hydrogen) atoms. The number of aryl methyl sites for hydroxylation is 1. The van der Waals surface area contributed by atoms with Crippen LogP contribution in [0.15, 0.2) is 74.8 Å². The van der Waals surface area contributed by atoms with Gasteiger partial charge in [-0.05, 0) is 118 Å². The summed E-state index contributed by atoms with van der Waals surface area (Å²) < 4.78 is 19.6. The summed E-state index contributed by atoms with van der Waals surface area (Å²) >= 11 is 3.81. The maximum atomic E-state index is 9.44. The molecular weight excluding hydrogens is 665 g/mol. The Morgan fingerprint density at radius 1 is 0.640 bits per heavy atom. The number of Topliss-reactive ketones (excluding diaryl/α,β-unsaturated/α-hetero) is 1. The third kappa shape index (κ3) is 55.5. The van der Waals surface area contributed by atoms with Crippen LogP contribution >= 0.6 is 23.1 Å². The number of ether oxygens (including phenoxy) is 2. The van der Waals surface area contributed by atoms with Gasteiger partial charge < -0.3 is 33.7 Å². The molecule has 0 spiro atoms. The molecule has 4 aliphatic heterocycles. The normalized spacial score (nSPS) is 15.4. The molecule has 0 unspecified atom stereocenters. The number of nitrogens with one attached hydrogen (secondary N) is 2. The van der Waals surface area contributed by atoms with Gasteiger partial charge in [0.2, 0.25) is 0 Å². The van der Waals surface area contributed by atoms with Crippen LogP contribution in [0.25, 0.3) is 0 Å². The predicted molar refractivity (Wildman–Crippen MR) is 221 cm³/mol. The van der Waals surface area contributed by atoms with Gasteiger partial charge in [0.15, 0.2) is 0 Å². The summed E-state index contributed by atoms with van der Waals surface area (Å²) in [6.07, 6.45) is 19.7. The minimum atomic E-state index is 0.167. The standard InChI is InChI=1S/C6H8O.C5H11N.C5H10O.C5H10S.C4H9NO.C4H4O.C4H4S.C3H6O.C3H8.C2H6/c1-2-6-4-3-5-7-6;3*1-2-4-6-5-3-1;1-3-6-4-2-5-1;2*1-2-4-5-3-1;1-3(2)4;1-3-2;1-2/h3-5H,2H2,1H3;6H,1-5H2;2*1-5H2;5H,1-4H2;2*1-4H;1-2H3;3H2,1-2H3;1-2H3. The van der Waals surface area contributed by atoms with Gasteiger partial charge in [0.1, 0.15) is 11.5 Å². The van der Waals surface area contributed by atoms with Crippen molar-refractivity contribution < 1.29 is 23.1 Å². The summed E-state index contributed by atoms with van der Waals surface area (Å²) in [5.41, 5.74) is 0. The molecule has 0 atom stereocenters. The number of carbonyl (C=O) groups excluding carboxylic acids is 1. The average Bonchev–Trinajstić information content (AvgIpc) is 4.04. The Morgan fingerprint density at radius 2 is 1.12 bits per heavy atom. The fraction of sp³-hybridized carbons (Fsp3) is 0.683. The summed E-state index contributed by atoms with van der Waals surface area (Å²) in [7, 11) is 0. The van der Waals surface area contributed by atoms with Gasteiger partial charge in [0, 0.05) is 32.7 Å². The van der Waals surface area contributed by atoms with Crippen LogP contribution in [0.5, 0.6) is 0 Å². The van der Waals surface area contributed by atoms with Crippen LogP contribution in [0, 0.1) is 0 Å². The molecule has 4 saturated heterocycles. The van der Waals surface area contributed by atoms with E-state index < -0.39 is 0 Å². The molecule has 3 aromatic rings.